The second kappa shape index (κ2) is 10.4. The third kappa shape index (κ3) is 11.0. The van der Waals surface area contributed by atoms with Gasteiger partial charge in [0, 0.05) is 19.6 Å². The lowest BCUT2D eigenvalue weighted by Crippen LogP contribution is -2.10. The van der Waals surface area contributed by atoms with E-state index in [0.717, 1.165) is 19.4 Å². The summed E-state index contributed by atoms with van der Waals surface area (Å²) in [5, 5.41) is 8.33. The lowest BCUT2D eigenvalue weighted by molar-refractivity contribution is -0.148. The van der Waals surface area contributed by atoms with Crippen LogP contribution in [-0.2, 0) is 19.1 Å². The van der Waals surface area contributed by atoms with E-state index in [9.17, 15) is 9.59 Å². The van der Waals surface area contributed by atoms with Gasteiger partial charge < -0.3 is 14.6 Å². The molecule has 0 spiro atoms. The van der Waals surface area contributed by atoms with Gasteiger partial charge in [-0.25, -0.2) is 0 Å². The molecule has 0 amide bonds. The smallest absolute Gasteiger partial charge is 0.306 e. The normalized spacial score (nSPS) is 10.1. The number of carboxylic acids is 1. The number of esters is 1. The molecular weight excluding hydrogens is 212 g/mol. The van der Waals surface area contributed by atoms with Gasteiger partial charge >= 0.3 is 11.9 Å². The van der Waals surface area contributed by atoms with Crippen LogP contribution >= 0.6 is 0 Å². The van der Waals surface area contributed by atoms with Crippen LogP contribution < -0.4 is 0 Å². The molecule has 0 rings (SSSR count). The van der Waals surface area contributed by atoms with Crippen molar-refractivity contribution >= 4 is 11.9 Å². The van der Waals surface area contributed by atoms with Crippen LogP contribution in [0.4, 0.5) is 0 Å². The lowest BCUT2D eigenvalue weighted by atomic mass is 10.3. The summed E-state index contributed by atoms with van der Waals surface area (Å²) in [4.78, 5) is 21.1. The Morgan fingerprint density at radius 1 is 1.06 bits per heavy atom. The lowest BCUT2D eigenvalue weighted by Gasteiger charge is -2.04. The van der Waals surface area contributed by atoms with Gasteiger partial charge in [-0.3, -0.25) is 9.59 Å². The van der Waals surface area contributed by atoms with Gasteiger partial charge in [-0.15, -0.1) is 0 Å². The maximum atomic E-state index is 11.0. The average Bonchev–Trinajstić information content (AvgIpc) is 2.25. The van der Waals surface area contributed by atoms with Gasteiger partial charge in [0.25, 0.3) is 0 Å². The summed E-state index contributed by atoms with van der Waals surface area (Å²) >= 11 is 0. The van der Waals surface area contributed by atoms with Crippen molar-refractivity contribution in [3.63, 3.8) is 0 Å². The zero-order valence-electron chi connectivity index (χ0n) is 9.74. The Morgan fingerprint density at radius 3 is 2.38 bits per heavy atom. The van der Waals surface area contributed by atoms with Gasteiger partial charge in [-0.1, -0.05) is 13.3 Å². The number of aliphatic carboxylic acids is 1. The summed E-state index contributed by atoms with van der Waals surface area (Å²) in [6.07, 6.45) is 2.56. The molecule has 0 unspecified atom stereocenters. The Balaban J connectivity index is 3.18. The van der Waals surface area contributed by atoms with Crippen LogP contribution in [0.5, 0.6) is 0 Å². The number of unbranched alkanes of at least 4 members (excludes halogenated alkanes) is 1. The molecule has 0 saturated heterocycles. The van der Waals surface area contributed by atoms with E-state index in [0.29, 0.717) is 19.6 Å². The number of carboxylic acid groups (broad SMARTS) is 1. The van der Waals surface area contributed by atoms with Crippen LogP contribution in [0, 0.1) is 0 Å². The molecule has 0 aliphatic heterocycles. The minimum absolute atomic E-state index is 0.0635. The van der Waals surface area contributed by atoms with E-state index in [2.05, 4.69) is 6.92 Å². The Kier molecular flexibility index (Phi) is 9.70. The zero-order chi connectivity index (χ0) is 12.2. The van der Waals surface area contributed by atoms with Crippen LogP contribution in [-0.4, -0.2) is 36.9 Å². The minimum atomic E-state index is -0.986. The highest BCUT2D eigenvalue weighted by Crippen LogP contribution is 1.95. The SMILES string of the molecule is CCCCOCCCOC(=O)CCC(=O)O. The summed E-state index contributed by atoms with van der Waals surface area (Å²) in [7, 11) is 0. The van der Waals surface area contributed by atoms with Crippen LogP contribution in [0.25, 0.3) is 0 Å². The van der Waals surface area contributed by atoms with Crippen molar-refractivity contribution in [1.29, 1.82) is 0 Å². The summed E-state index contributed by atoms with van der Waals surface area (Å²) in [5.74, 6) is -1.45. The van der Waals surface area contributed by atoms with Gasteiger partial charge in [0.2, 0.25) is 0 Å². The molecule has 16 heavy (non-hydrogen) atoms. The first-order chi connectivity index (χ1) is 7.66. The molecule has 0 radical (unpaired) electrons. The van der Waals surface area contributed by atoms with E-state index in [4.69, 9.17) is 14.6 Å². The van der Waals surface area contributed by atoms with Crippen molar-refractivity contribution < 1.29 is 24.2 Å². The van der Waals surface area contributed by atoms with Crippen molar-refractivity contribution in [3.05, 3.63) is 0 Å². The van der Waals surface area contributed by atoms with E-state index in [1.165, 1.54) is 0 Å². The summed E-state index contributed by atoms with van der Waals surface area (Å²) in [5.41, 5.74) is 0. The number of hydrogen-bond acceptors (Lipinski definition) is 4. The number of carbonyl (C=O) groups is 2. The first kappa shape index (κ1) is 14.9. The third-order valence-electron chi connectivity index (χ3n) is 1.88. The highest BCUT2D eigenvalue weighted by atomic mass is 16.5. The third-order valence-corrected chi connectivity index (χ3v) is 1.88. The molecule has 0 bridgehead atoms. The van der Waals surface area contributed by atoms with Crippen LogP contribution in [0.2, 0.25) is 0 Å². The van der Waals surface area contributed by atoms with Crippen LogP contribution in [0.3, 0.4) is 0 Å². The van der Waals surface area contributed by atoms with E-state index >= 15 is 0 Å². The molecule has 0 aromatic rings. The fraction of sp³-hybridized carbons (Fsp3) is 0.818. The molecule has 0 saturated carbocycles. The van der Waals surface area contributed by atoms with Crippen molar-refractivity contribution in [3.8, 4) is 0 Å². The first-order valence-electron chi connectivity index (χ1n) is 5.62. The van der Waals surface area contributed by atoms with E-state index in [1.807, 2.05) is 0 Å². The van der Waals surface area contributed by atoms with Gasteiger partial charge in [-0.2, -0.15) is 0 Å². The zero-order valence-corrected chi connectivity index (χ0v) is 9.74. The van der Waals surface area contributed by atoms with E-state index in [1.54, 1.807) is 0 Å². The van der Waals surface area contributed by atoms with E-state index in [-0.39, 0.29) is 12.8 Å². The van der Waals surface area contributed by atoms with Crippen molar-refractivity contribution in [1.82, 2.24) is 0 Å². The monoisotopic (exact) mass is 232 g/mol. The highest BCUT2D eigenvalue weighted by Gasteiger charge is 2.05. The maximum Gasteiger partial charge on any atom is 0.306 e. The fourth-order valence-electron chi connectivity index (χ4n) is 0.977. The van der Waals surface area contributed by atoms with Gasteiger partial charge in [-0.05, 0) is 6.42 Å². The molecule has 0 fully saturated rings. The molecule has 0 aliphatic rings. The largest absolute Gasteiger partial charge is 0.481 e. The molecule has 0 aromatic carbocycles. The van der Waals surface area contributed by atoms with E-state index < -0.39 is 11.9 Å². The second-order valence-corrected chi connectivity index (χ2v) is 3.43. The predicted molar refractivity (Wildman–Crippen MR) is 58.2 cm³/mol. The predicted octanol–water partition coefficient (Wildman–Crippen LogP) is 1.60. The van der Waals surface area contributed by atoms with Crippen molar-refractivity contribution in [2.75, 3.05) is 19.8 Å². The fourth-order valence-corrected chi connectivity index (χ4v) is 0.977. The topological polar surface area (TPSA) is 72.8 Å². The van der Waals surface area contributed by atoms with Crippen molar-refractivity contribution in [2.24, 2.45) is 0 Å². The summed E-state index contributed by atoms with van der Waals surface area (Å²) in [6, 6.07) is 0. The Morgan fingerprint density at radius 2 is 1.75 bits per heavy atom. The Labute approximate surface area is 95.7 Å². The molecule has 0 atom stereocenters. The summed E-state index contributed by atoms with van der Waals surface area (Å²) in [6.45, 7) is 3.70. The second-order valence-electron chi connectivity index (χ2n) is 3.43. The molecule has 5 heteroatoms. The highest BCUT2D eigenvalue weighted by molar-refractivity contribution is 5.76. The number of carbonyl (C=O) groups excluding carboxylic acids is 1. The quantitative estimate of drug-likeness (QED) is 0.457. The summed E-state index contributed by atoms with van der Waals surface area (Å²) < 4.78 is 10.1. The van der Waals surface area contributed by atoms with Crippen molar-refractivity contribution in [2.45, 2.75) is 39.0 Å². The van der Waals surface area contributed by atoms with Gasteiger partial charge in [0.1, 0.15) is 0 Å². The average molecular weight is 232 g/mol. The number of ether oxygens (including phenoxy) is 2. The molecular formula is C11H20O5. The van der Waals surface area contributed by atoms with Gasteiger partial charge in [0.15, 0.2) is 0 Å². The molecule has 5 nitrogen and oxygen atoms in total. The Bertz CT molecular complexity index is 203. The van der Waals surface area contributed by atoms with Gasteiger partial charge in [0.05, 0.1) is 19.4 Å². The number of hydrogen-bond donors (Lipinski definition) is 1. The Hall–Kier alpha value is -1.10. The molecule has 0 aliphatic carbocycles. The minimum Gasteiger partial charge on any atom is -0.481 e. The standard InChI is InChI=1S/C11H20O5/c1-2-3-7-15-8-4-9-16-11(14)6-5-10(12)13/h2-9H2,1H3,(H,12,13). The number of rotatable bonds is 10. The van der Waals surface area contributed by atoms with Crippen LogP contribution in [0.15, 0.2) is 0 Å². The maximum absolute atomic E-state index is 11.0. The first-order valence-corrected chi connectivity index (χ1v) is 5.62. The molecule has 0 heterocycles. The molecule has 94 valence electrons. The van der Waals surface area contributed by atoms with Crippen LogP contribution in [0.1, 0.15) is 39.0 Å². The molecule has 0 aromatic heterocycles. The molecule has 1 N–H and O–H groups in total.